The molecule has 0 radical (unpaired) electrons. The van der Waals surface area contributed by atoms with Crippen molar-refractivity contribution in [3.63, 3.8) is 0 Å². The second-order valence-electron chi connectivity index (χ2n) is 9.25. The molecule has 0 aliphatic heterocycles. The molecule has 0 saturated carbocycles. The highest BCUT2D eigenvalue weighted by Crippen LogP contribution is 2.53. The average Bonchev–Trinajstić information content (AvgIpc) is 2.80. The van der Waals surface area contributed by atoms with Gasteiger partial charge in [-0.3, -0.25) is 14.4 Å². The number of nitrogens with one attached hydrogen (secondary N) is 1. The van der Waals surface area contributed by atoms with E-state index in [-0.39, 0.29) is 34.5 Å². The topological polar surface area (TPSA) is 89.5 Å². The van der Waals surface area contributed by atoms with Crippen LogP contribution in [0.1, 0.15) is 67.4 Å². The molecule has 0 bridgehead atoms. The van der Waals surface area contributed by atoms with Gasteiger partial charge in [-0.2, -0.15) is 5.48 Å². The largest absolute Gasteiger partial charge is 0.380 e. The van der Waals surface area contributed by atoms with Crippen LogP contribution >= 0.6 is 7.14 Å². The van der Waals surface area contributed by atoms with E-state index in [2.05, 4.69) is 5.48 Å². The minimum Gasteiger partial charge on any atom is -0.380 e. The van der Waals surface area contributed by atoms with Crippen LogP contribution in [0, 0.1) is 41.5 Å². The van der Waals surface area contributed by atoms with Crippen LogP contribution in [0.2, 0.25) is 0 Å². The first-order chi connectivity index (χ1) is 16.9. The van der Waals surface area contributed by atoms with Crippen molar-refractivity contribution >= 4 is 29.4 Å². The second kappa shape index (κ2) is 10.6. The zero-order chi connectivity index (χ0) is 26.8. The van der Waals surface area contributed by atoms with Gasteiger partial charge in [-0.15, -0.1) is 0 Å². The van der Waals surface area contributed by atoms with Crippen molar-refractivity contribution in [2.75, 3.05) is 0 Å². The van der Waals surface area contributed by atoms with Crippen LogP contribution in [0.4, 0.5) is 0 Å². The van der Waals surface area contributed by atoms with Crippen LogP contribution in [0.3, 0.4) is 0 Å². The third-order valence-electron chi connectivity index (χ3n) is 6.14. The Bertz CT molecular complexity index is 1300. The fourth-order valence-electron chi connectivity index (χ4n) is 4.61. The third kappa shape index (κ3) is 5.19. The maximum Gasteiger partial charge on any atom is 0.252 e. The molecule has 0 unspecified atom stereocenters. The molecular formula is C29H32NO5P. The van der Waals surface area contributed by atoms with Crippen LogP contribution in [0.15, 0.2) is 48.5 Å². The Balaban J connectivity index is 2.26. The number of amides is 1. The van der Waals surface area contributed by atoms with Crippen molar-refractivity contribution in [2.45, 2.75) is 54.9 Å². The van der Waals surface area contributed by atoms with E-state index >= 15 is 0 Å². The number of carbonyl (C=O) groups excluding carboxylic acids is 3. The van der Waals surface area contributed by atoms with Gasteiger partial charge in [0.15, 0.2) is 5.75 Å². The summed E-state index contributed by atoms with van der Waals surface area (Å²) >= 11 is 0. The van der Waals surface area contributed by atoms with Crippen molar-refractivity contribution in [1.82, 2.24) is 5.48 Å². The summed E-state index contributed by atoms with van der Waals surface area (Å²) in [5.74, 6) is -0.169. The first-order valence-corrected chi connectivity index (χ1v) is 13.5. The van der Waals surface area contributed by atoms with Crippen molar-refractivity contribution in [1.29, 1.82) is 0 Å². The van der Waals surface area contributed by atoms with Crippen molar-refractivity contribution in [3.05, 3.63) is 93.0 Å². The van der Waals surface area contributed by atoms with Gasteiger partial charge < -0.3 is 9.40 Å². The SMILES string of the molecule is CCC(=O)NOc1cccc(P(=O)(C(=O)c2c(C)cc(C)cc2C)C(=O)c2c(C)cc(C)cc2C)c1. The lowest BCUT2D eigenvalue weighted by atomic mass is 10.0. The lowest BCUT2D eigenvalue weighted by molar-refractivity contribution is -0.127. The van der Waals surface area contributed by atoms with Crippen molar-refractivity contribution in [3.8, 4) is 5.75 Å². The molecule has 0 aromatic heterocycles. The van der Waals surface area contributed by atoms with Crippen LogP contribution in [0.25, 0.3) is 0 Å². The summed E-state index contributed by atoms with van der Waals surface area (Å²) in [7, 11) is -4.39. The number of benzene rings is 3. The summed E-state index contributed by atoms with van der Waals surface area (Å²) in [6, 6.07) is 13.4. The highest BCUT2D eigenvalue weighted by atomic mass is 31.2. The van der Waals surface area contributed by atoms with Gasteiger partial charge in [0.05, 0.1) is 0 Å². The minimum absolute atomic E-state index is 0.0551. The summed E-state index contributed by atoms with van der Waals surface area (Å²) in [5, 5.41) is 0.0551. The van der Waals surface area contributed by atoms with Gasteiger partial charge in [-0.1, -0.05) is 54.4 Å². The molecular weight excluding hydrogens is 473 g/mol. The monoisotopic (exact) mass is 505 g/mol. The number of carbonyl (C=O) groups is 3. The van der Waals surface area contributed by atoms with Gasteiger partial charge in [0.1, 0.15) is 0 Å². The molecule has 36 heavy (non-hydrogen) atoms. The summed E-state index contributed by atoms with van der Waals surface area (Å²) in [6.07, 6.45) is 0.215. The summed E-state index contributed by atoms with van der Waals surface area (Å²) in [5.41, 5.74) is 6.01. The Labute approximate surface area is 212 Å². The molecule has 188 valence electrons. The molecule has 0 atom stereocenters. The molecule has 0 aliphatic rings. The van der Waals surface area contributed by atoms with E-state index in [1.807, 2.05) is 38.1 Å². The molecule has 3 aromatic rings. The molecule has 1 N–H and O–H groups in total. The standard InChI is InChI=1S/C29H32NO5P/c1-8-25(31)30-35-23-10-9-11-24(16-23)36(34,28(32)26-19(4)12-17(2)13-20(26)5)29(33)27-21(6)14-18(3)15-22(27)7/h9-16H,8H2,1-7H3,(H,30,31). The Kier molecular flexibility index (Phi) is 8.00. The fraction of sp³-hybridized carbons (Fsp3) is 0.276. The first-order valence-electron chi connectivity index (χ1n) is 11.8. The number of aryl methyl sites for hydroxylation is 6. The van der Waals surface area contributed by atoms with Gasteiger partial charge in [-0.25, -0.2) is 0 Å². The van der Waals surface area contributed by atoms with E-state index in [9.17, 15) is 18.9 Å². The summed E-state index contributed by atoms with van der Waals surface area (Å²) < 4.78 is 14.9. The zero-order valence-corrected chi connectivity index (χ0v) is 22.7. The highest BCUT2D eigenvalue weighted by molar-refractivity contribution is 8.01. The van der Waals surface area contributed by atoms with Gasteiger partial charge in [-0.05, 0) is 75.9 Å². The van der Waals surface area contributed by atoms with Gasteiger partial charge in [0.25, 0.3) is 5.91 Å². The van der Waals surface area contributed by atoms with E-state index in [0.29, 0.717) is 22.3 Å². The van der Waals surface area contributed by atoms with E-state index in [1.54, 1.807) is 46.8 Å². The highest BCUT2D eigenvalue weighted by Gasteiger charge is 2.45. The maximum absolute atomic E-state index is 14.9. The third-order valence-corrected chi connectivity index (χ3v) is 8.74. The Morgan fingerprint density at radius 1 is 0.750 bits per heavy atom. The van der Waals surface area contributed by atoms with E-state index in [1.165, 1.54) is 12.1 Å². The fourth-order valence-corrected chi connectivity index (χ4v) is 7.20. The molecule has 0 aliphatic carbocycles. The minimum atomic E-state index is -4.39. The average molecular weight is 506 g/mol. The molecule has 0 heterocycles. The van der Waals surface area contributed by atoms with Crippen LogP contribution in [0.5, 0.6) is 5.75 Å². The molecule has 0 fully saturated rings. The molecule has 7 heteroatoms. The zero-order valence-electron chi connectivity index (χ0n) is 21.8. The Morgan fingerprint density at radius 2 is 1.19 bits per heavy atom. The van der Waals surface area contributed by atoms with Gasteiger partial charge >= 0.3 is 0 Å². The Hall–Kier alpha value is -3.50. The lowest BCUT2D eigenvalue weighted by Gasteiger charge is -2.21. The predicted octanol–water partition coefficient (Wildman–Crippen LogP) is 6.03. The molecule has 6 nitrogen and oxygen atoms in total. The van der Waals surface area contributed by atoms with Crippen molar-refractivity contribution < 1.29 is 23.8 Å². The van der Waals surface area contributed by atoms with Crippen LogP contribution < -0.4 is 15.6 Å². The first kappa shape index (κ1) is 27.1. The molecule has 0 saturated heterocycles. The van der Waals surface area contributed by atoms with E-state index in [4.69, 9.17) is 4.84 Å². The summed E-state index contributed by atoms with van der Waals surface area (Å²) in [6.45, 7) is 12.6. The van der Waals surface area contributed by atoms with Crippen molar-refractivity contribution in [2.24, 2.45) is 0 Å². The van der Waals surface area contributed by atoms with Crippen LogP contribution in [-0.4, -0.2) is 17.0 Å². The van der Waals surface area contributed by atoms with Gasteiger partial charge in [0, 0.05) is 22.9 Å². The Morgan fingerprint density at radius 3 is 1.61 bits per heavy atom. The van der Waals surface area contributed by atoms with E-state index in [0.717, 1.165) is 11.1 Å². The number of hydroxylamine groups is 1. The molecule has 3 rings (SSSR count). The number of hydrogen-bond acceptors (Lipinski definition) is 5. The number of rotatable bonds is 8. The molecule has 1 amide bonds. The smallest absolute Gasteiger partial charge is 0.252 e. The van der Waals surface area contributed by atoms with E-state index < -0.39 is 18.2 Å². The predicted molar refractivity (Wildman–Crippen MR) is 143 cm³/mol. The number of hydrogen-bond donors (Lipinski definition) is 1. The van der Waals surface area contributed by atoms with Gasteiger partial charge in [0.2, 0.25) is 18.2 Å². The maximum atomic E-state index is 14.9. The second-order valence-corrected chi connectivity index (χ2v) is 11.8. The quantitative estimate of drug-likeness (QED) is 0.298. The lowest BCUT2D eigenvalue weighted by Crippen LogP contribution is -2.27. The summed E-state index contributed by atoms with van der Waals surface area (Å²) in [4.78, 5) is 45.3. The molecule has 3 aromatic carbocycles. The van der Waals surface area contributed by atoms with Crippen LogP contribution in [-0.2, 0) is 9.36 Å². The molecule has 0 spiro atoms. The normalized spacial score (nSPS) is 11.2.